The minimum absolute atomic E-state index is 0.685. The van der Waals surface area contributed by atoms with E-state index in [9.17, 15) is 0 Å². The molecule has 0 aliphatic rings. The summed E-state index contributed by atoms with van der Waals surface area (Å²) in [5, 5.41) is 8.14. The molecule has 0 aliphatic heterocycles. The highest BCUT2D eigenvalue weighted by atomic mass is 14.2. The second-order valence-electron chi connectivity index (χ2n) is 1.88. The van der Waals surface area contributed by atoms with E-state index in [1.807, 2.05) is 6.08 Å². The van der Waals surface area contributed by atoms with Gasteiger partial charge in [-0.2, -0.15) is 5.26 Å². The first kappa shape index (κ1) is 8.23. The van der Waals surface area contributed by atoms with E-state index in [1.165, 1.54) is 0 Å². The molecule has 49 valence electrons. The van der Waals surface area contributed by atoms with E-state index < -0.39 is 0 Å². The van der Waals surface area contributed by atoms with Gasteiger partial charge in [0.05, 0.1) is 6.07 Å². The van der Waals surface area contributed by atoms with Gasteiger partial charge in [0.15, 0.2) is 0 Å². The van der Waals surface area contributed by atoms with Crippen LogP contribution < -0.4 is 0 Å². The smallest absolute Gasteiger partial charge is 0.0621 e. The Morgan fingerprint density at radius 2 is 2.22 bits per heavy atom. The number of hydrogen-bond acceptors (Lipinski definition) is 1. The first-order valence-electron chi connectivity index (χ1n) is 3.23. The monoisotopic (exact) mass is 122 g/mol. The van der Waals surface area contributed by atoms with Gasteiger partial charge in [0.25, 0.3) is 0 Å². The lowest BCUT2D eigenvalue weighted by Crippen LogP contribution is -1.70. The number of hydrogen-bond donors (Lipinski definition) is 0. The summed E-state index contributed by atoms with van der Waals surface area (Å²) in [4.78, 5) is 0. The molecule has 0 N–H and O–H groups in total. The second kappa shape index (κ2) is 7.23. The van der Waals surface area contributed by atoms with Crippen molar-refractivity contribution in [3.8, 4) is 6.07 Å². The Kier molecular flexibility index (Phi) is 6.61. The maximum atomic E-state index is 8.14. The molecule has 0 aromatic heterocycles. The van der Waals surface area contributed by atoms with E-state index in [1.54, 1.807) is 6.08 Å². The van der Waals surface area contributed by atoms with E-state index in [0.717, 1.165) is 19.3 Å². The van der Waals surface area contributed by atoms with E-state index in [2.05, 4.69) is 13.0 Å². The van der Waals surface area contributed by atoms with Crippen LogP contribution in [0.4, 0.5) is 0 Å². The molecular formula is C8H12N. The zero-order valence-corrected chi connectivity index (χ0v) is 5.64. The third-order valence-corrected chi connectivity index (χ3v) is 1.08. The molecule has 0 rings (SSSR count). The summed E-state index contributed by atoms with van der Waals surface area (Å²) in [6.07, 6.45) is 7.69. The van der Waals surface area contributed by atoms with Crippen molar-refractivity contribution in [2.45, 2.75) is 25.7 Å². The molecule has 0 bridgehead atoms. The molecule has 0 saturated heterocycles. The molecule has 0 unspecified atom stereocenters. The van der Waals surface area contributed by atoms with Crippen LogP contribution in [0.25, 0.3) is 0 Å². The summed E-state index contributed by atoms with van der Waals surface area (Å²) in [6.45, 7) is 3.56. The summed E-state index contributed by atoms with van der Waals surface area (Å²) in [7, 11) is 0. The number of rotatable bonds is 4. The van der Waals surface area contributed by atoms with Crippen LogP contribution in [0.3, 0.4) is 0 Å². The highest BCUT2D eigenvalue weighted by Crippen LogP contribution is 1.98. The third-order valence-electron chi connectivity index (χ3n) is 1.08. The number of nitrogens with zero attached hydrogens (tertiary/aromatic N) is 1. The van der Waals surface area contributed by atoms with Gasteiger partial charge in [-0.1, -0.05) is 12.2 Å². The molecular weight excluding hydrogens is 110 g/mol. The molecule has 0 aromatic carbocycles. The van der Waals surface area contributed by atoms with Crippen LogP contribution in [0, 0.1) is 18.3 Å². The highest BCUT2D eigenvalue weighted by Gasteiger charge is 1.82. The van der Waals surface area contributed by atoms with Gasteiger partial charge < -0.3 is 0 Å². The van der Waals surface area contributed by atoms with Crippen LogP contribution >= 0.6 is 0 Å². The summed E-state index contributed by atoms with van der Waals surface area (Å²) in [5.41, 5.74) is 0. The molecule has 1 radical (unpaired) electrons. The topological polar surface area (TPSA) is 23.8 Å². The van der Waals surface area contributed by atoms with Crippen LogP contribution in [0.5, 0.6) is 0 Å². The number of allylic oxidation sites excluding steroid dienone is 2. The van der Waals surface area contributed by atoms with Gasteiger partial charge >= 0.3 is 0 Å². The van der Waals surface area contributed by atoms with Gasteiger partial charge in [-0.25, -0.2) is 0 Å². The van der Waals surface area contributed by atoms with Gasteiger partial charge in [-0.05, 0) is 26.2 Å². The normalized spacial score (nSPS) is 9.78. The first-order valence-corrected chi connectivity index (χ1v) is 3.23. The largest absolute Gasteiger partial charge is 0.198 e. The molecule has 0 aromatic rings. The molecule has 9 heavy (non-hydrogen) atoms. The standard InChI is InChI=1S/C8H12N/c1-2-3-4-5-6-7-8-9/h2-3H,1,4-7H2/b3-2+. The van der Waals surface area contributed by atoms with Crippen LogP contribution in [0.1, 0.15) is 25.7 Å². The van der Waals surface area contributed by atoms with Crippen LogP contribution in [-0.4, -0.2) is 0 Å². The molecule has 0 fully saturated rings. The van der Waals surface area contributed by atoms with Crippen molar-refractivity contribution in [1.29, 1.82) is 5.26 Å². The molecule has 0 aliphatic carbocycles. The van der Waals surface area contributed by atoms with Gasteiger partial charge in [0.2, 0.25) is 0 Å². The fourth-order valence-corrected chi connectivity index (χ4v) is 0.584. The minimum Gasteiger partial charge on any atom is -0.198 e. The predicted molar refractivity (Wildman–Crippen MR) is 38.6 cm³/mol. The lowest BCUT2D eigenvalue weighted by molar-refractivity contribution is 0.768. The van der Waals surface area contributed by atoms with E-state index in [0.29, 0.717) is 6.42 Å². The van der Waals surface area contributed by atoms with E-state index >= 15 is 0 Å². The third kappa shape index (κ3) is 7.23. The van der Waals surface area contributed by atoms with Crippen molar-refractivity contribution in [1.82, 2.24) is 0 Å². The van der Waals surface area contributed by atoms with Gasteiger partial charge in [0, 0.05) is 6.42 Å². The van der Waals surface area contributed by atoms with Crippen LogP contribution in [0.15, 0.2) is 12.2 Å². The molecule has 0 saturated carbocycles. The Bertz CT molecular complexity index is 108. The SMILES string of the molecule is [CH2]/C=C/CCCCC#N. The molecule has 1 nitrogen and oxygen atoms in total. The molecule has 0 heterocycles. The lowest BCUT2D eigenvalue weighted by atomic mass is 10.2. The van der Waals surface area contributed by atoms with Crippen molar-refractivity contribution in [3.63, 3.8) is 0 Å². The second-order valence-corrected chi connectivity index (χ2v) is 1.88. The maximum Gasteiger partial charge on any atom is 0.0621 e. The van der Waals surface area contributed by atoms with Crippen molar-refractivity contribution in [2.75, 3.05) is 0 Å². The Morgan fingerprint density at radius 1 is 1.44 bits per heavy atom. The van der Waals surface area contributed by atoms with E-state index in [-0.39, 0.29) is 0 Å². The van der Waals surface area contributed by atoms with Gasteiger partial charge in [-0.15, -0.1) is 0 Å². The zero-order valence-electron chi connectivity index (χ0n) is 5.64. The maximum absolute atomic E-state index is 8.14. The van der Waals surface area contributed by atoms with Crippen LogP contribution in [-0.2, 0) is 0 Å². The van der Waals surface area contributed by atoms with Crippen molar-refractivity contribution < 1.29 is 0 Å². The zero-order chi connectivity index (χ0) is 6.95. The lowest BCUT2D eigenvalue weighted by Gasteiger charge is -1.87. The quantitative estimate of drug-likeness (QED) is 0.525. The number of unbranched alkanes of at least 4 members (excludes halogenated alkanes) is 3. The Morgan fingerprint density at radius 3 is 2.78 bits per heavy atom. The Hall–Kier alpha value is -0.770. The highest BCUT2D eigenvalue weighted by molar-refractivity contribution is 4.83. The number of nitriles is 1. The van der Waals surface area contributed by atoms with Gasteiger partial charge in [-0.3, -0.25) is 0 Å². The van der Waals surface area contributed by atoms with Gasteiger partial charge in [0.1, 0.15) is 0 Å². The summed E-state index contributed by atoms with van der Waals surface area (Å²) in [6, 6.07) is 2.10. The van der Waals surface area contributed by atoms with Crippen LogP contribution in [0.2, 0.25) is 0 Å². The van der Waals surface area contributed by atoms with Crippen molar-refractivity contribution in [3.05, 3.63) is 19.1 Å². The first-order chi connectivity index (χ1) is 4.41. The Balaban J connectivity index is 2.85. The molecule has 0 atom stereocenters. The van der Waals surface area contributed by atoms with Crippen molar-refractivity contribution >= 4 is 0 Å². The minimum atomic E-state index is 0.685. The summed E-state index contributed by atoms with van der Waals surface area (Å²) in [5.74, 6) is 0. The fraction of sp³-hybridized carbons (Fsp3) is 0.500. The average molecular weight is 122 g/mol. The Labute approximate surface area is 57.0 Å². The fourth-order valence-electron chi connectivity index (χ4n) is 0.584. The van der Waals surface area contributed by atoms with E-state index in [4.69, 9.17) is 5.26 Å². The van der Waals surface area contributed by atoms with Crippen molar-refractivity contribution in [2.24, 2.45) is 0 Å². The molecule has 0 spiro atoms. The molecule has 1 heteroatoms. The summed E-state index contributed by atoms with van der Waals surface area (Å²) >= 11 is 0. The average Bonchev–Trinajstić information content (AvgIpc) is 1.89. The predicted octanol–water partition coefficient (Wildman–Crippen LogP) is 2.46. The molecule has 0 amide bonds. The summed E-state index contributed by atoms with van der Waals surface area (Å²) < 4.78 is 0.